The molecule has 3 N–H and O–H groups in total. The number of carbonyl (C=O) groups is 1. The van der Waals surface area contributed by atoms with E-state index in [9.17, 15) is 4.79 Å². The van der Waals surface area contributed by atoms with Crippen molar-refractivity contribution in [3.8, 4) is 0 Å². The van der Waals surface area contributed by atoms with Gasteiger partial charge in [0.15, 0.2) is 5.96 Å². The molecule has 144 valence electrons. The number of aliphatic imine (C=N–C) groups is 1. The molecule has 0 aliphatic carbocycles. The Morgan fingerprint density at radius 3 is 2.54 bits per heavy atom. The lowest BCUT2D eigenvalue weighted by atomic mass is 10.2. The highest BCUT2D eigenvalue weighted by molar-refractivity contribution is 14.0. The van der Waals surface area contributed by atoms with Crippen LogP contribution in [0.3, 0.4) is 0 Å². The summed E-state index contributed by atoms with van der Waals surface area (Å²) in [5.41, 5.74) is 5.30. The van der Waals surface area contributed by atoms with E-state index in [-0.39, 0.29) is 36.1 Å². The van der Waals surface area contributed by atoms with Gasteiger partial charge in [0.1, 0.15) is 5.60 Å². The molecule has 1 amide bonds. The van der Waals surface area contributed by atoms with Crippen LogP contribution in [-0.4, -0.2) is 61.9 Å². The number of hydrogen-bond donors (Lipinski definition) is 2. The lowest BCUT2D eigenvalue weighted by Crippen LogP contribution is -2.41. The van der Waals surface area contributed by atoms with Crippen LogP contribution in [0.5, 0.6) is 0 Å². The fourth-order valence-electron chi connectivity index (χ4n) is 1.68. The highest BCUT2D eigenvalue weighted by atomic mass is 127. The summed E-state index contributed by atoms with van der Waals surface area (Å²) < 4.78 is 10.6. The molecular formula is C16H35IN4O3. The number of carbonyl (C=O) groups excluding carboxylic acids is 1. The Hall–Kier alpha value is -0.770. The third kappa shape index (κ3) is 13.6. The van der Waals surface area contributed by atoms with Crippen molar-refractivity contribution in [3.05, 3.63) is 0 Å². The summed E-state index contributed by atoms with van der Waals surface area (Å²) in [6.45, 7) is 12.2. The molecule has 7 nitrogen and oxygen atoms in total. The lowest BCUT2D eigenvalue weighted by molar-refractivity contribution is 0.0231. The van der Waals surface area contributed by atoms with E-state index in [0.29, 0.717) is 25.7 Å². The number of rotatable bonds is 9. The average Bonchev–Trinajstić information content (AvgIpc) is 2.44. The molecule has 8 heteroatoms. The van der Waals surface area contributed by atoms with E-state index in [1.807, 2.05) is 34.6 Å². The first-order valence-corrected chi connectivity index (χ1v) is 8.24. The Labute approximate surface area is 163 Å². The van der Waals surface area contributed by atoms with E-state index in [4.69, 9.17) is 15.2 Å². The largest absolute Gasteiger partial charge is 0.444 e. The van der Waals surface area contributed by atoms with Gasteiger partial charge < -0.3 is 25.4 Å². The molecule has 0 aliphatic rings. The van der Waals surface area contributed by atoms with Crippen LogP contribution in [-0.2, 0) is 9.47 Å². The van der Waals surface area contributed by atoms with Crippen LogP contribution in [0.2, 0.25) is 0 Å². The number of nitrogens with one attached hydrogen (secondary N) is 1. The number of ether oxygens (including phenoxy) is 2. The third-order valence-corrected chi connectivity index (χ3v) is 3.14. The number of halogens is 1. The Morgan fingerprint density at radius 1 is 1.38 bits per heavy atom. The average molecular weight is 458 g/mol. The fourth-order valence-corrected chi connectivity index (χ4v) is 1.68. The smallest absolute Gasteiger partial charge is 0.410 e. The molecule has 0 saturated heterocycles. The van der Waals surface area contributed by atoms with Gasteiger partial charge in [-0.2, -0.15) is 0 Å². The molecule has 0 spiro atoms. The molecule has 0 rings (SSSR count). The summed E-state index contributed by atoms with van der Waals surface area (Å²) in [6, 6.07) is 0.0445. The van der Waals surface area contributed by atoms with Gasteiger partial charge in [-0.05, 0) is 47.5 Å². The van der Waals surface area contributed by atoms with Crippen LogP contribution in [0.15, 0.2) is 4.99 Å². The van der Waals surface area contributed by atoms with Crippen LogP contribution in [0, 0.1) is 0 Å². The van der Waals surface area contributed by atoms with Gasteiger partial charge in [0.25, 0.3) is 0 Å². The Balaban J connectivity index is 0. The maximum atomic E-state index is 11.9. The van der Waals surface area contributed by atoms with Crippen LogP contribution < -0.4 is 11.1 Å². The topological polar surface area (TPSA) is 89.2 Å². The SMILES string of the molecule is CCOCCCN=C(N)NCCC(C)N(C)C(=O)OC(C)(C)C.I. The van der Waals surface area contributed by atoms with Crippen LogP contribution in [0.4, 0.5) is 4.79 Å². The zero-order valence-electron chi connectivity index (χ0n) is 15.9. The second-order valence-corrected chi connectivity index (χ2v) is 6.47. The van der Waals surface area contributed by atoms with E-state index in [1.165, 1.54) is 0 Å². The summed E-state index contributed by atoms with van der Waals surface area (Å²) in [5, 5.41) is 3.05. The van der Waals surface area contributed by atoms with Gasteiger partial charge in [0.2, 0.25) is 0 Å². The van der Waals surface area contributed by atoms with Crippen molar-refractivity contribution in [2.45, 2.75) is 59.1 Å². The summed E-state index contributed by atoms with van der Waals surface area (Å²) in [4.78, 5) is 17.8. The lowest BCUT2D eigenvalue weighted by Gasteiger charge is -2.28. The first-order chi connectivity index (χ1) is 10.7. The maximum absolute atomic E-state index is 11.9. The summed E-state index contributed by atoms with van der Waals surface area (Å²) in [7, 11) is 1.74. The molecule has 0 aromatic heterocycles. The summed E-state index contributed by atoms with van der Waals surface area (Å²) >= 11 is 0. The predicted molar refractivity (Wildman–Crippen MR) is 109 cm³/mol. The molecule has 0 aromatic rings. The standard InChI is InChI=1S/C16H34N4O3.HI/c1-7-22-12-8-10-18-14(17)19-11-9-13(2)20(6)15(21)23-16(3,4)5;/h13H,7-12H2,1-6H3,(H3,17,18,19);1H. The Bertz CT molecular complexity index is 373. The number of hydrogen-bond acceptors (Lipinski definition) is 4. The van der Waals surface area contributed by atoms with E-state index < -0.39 is 5.60 Å². The van der Waals surface area contributed by atoms with E-state index in [1.54, 1.807) is 11.9 Å². The molecule has 0 aliphatic heterocycles. The minimum atomic E-state index is -0.484. The predicted octanol–water partition coefficient (Wildman–Crippen LogP) is 2.58. The van der Waals surface area contributed by atoms with E-state index in [0.717, 1.165) is 19.4 Å². The van der Waals surface area contributed by atoms with Crippen molar-refractivity contribution in [1.29, 1.82) is 0 Å². The molecule has 0 bridgehead atoms. The molecule has 0 heterocycles. The van der Waals surface area contributed by atoms with Crippen molar-refractivity contribution in [2.75, 3.05) is 33.4 Å². The van der Waals surface area contributed by atoms with Crippen LogP contribution in [0.1, 0.15) is 47.5 Å². The van der Waals surface area contributed by atoms with Gasteiger partial charge in [0.05, 0.1) is 0 Å². The normalized spacial score (nSPS) is 13.0. The molecule has 1 unspecified atom stereocenters. The molecule has 1 atom stereocenters. The first kappa shape index (κ1) is 25.5. The monoisotopic (exact) mass is 458 g/mol. The molecule has 0 radical (unpaired) electrons. The van der Waals surface area contributed by atoms with E-state index in [2.05, 4.69) is 10.3 Å². The Morgan fingerprint density at radius 2 is 2.00 bits per heavy atom. The van der Waals surface area contributed by atoms with Gasteiger partial charge in [0, 0.05) is 39.4 Å². The molecule has 0 aromatic carbocycles. The van der Waals surface area contributed by atoms with Crippen molar-refractivity contribution >= 4 is 36.0 Å². The molecular weight excluding hydrogens is 423 g/mol. The quantitative estimate of drug-likeness (QED) is 0.240. The van der Waals surface area contributed by atoms with Crippen LogP contribution >= 0.6 is 24.0 Å². The van der Waals surface area contributed by atoms with E-state index >= 15 is 0 Å². The number of nitrogens with zero attached hydrogens (tertiary/aromatic N) is 2. The molecule has 0 saturated carbocycles. The van der Waals surface area contributed by atoms with Gasteiger partial charge >= 0.3 is 6.09 Å². The van der Waals surface area contributed by atoms with Gasteiger partial charge in [-0.1, -0.05) is 0 Å². The van der Waals surface area contributed by atoms with Crippen molar-refractivity contribution < 1.29 is 14.3 Å². The van der Waals surface area contributed by atoms with Crippen molar-refractivity contribution in [2.24, 2.45) is 10.7 Å². The Kier molecular flexibility index (Phi) is 14.3. The zero-order valence-corrected chi connectivity index (χ0v) is 18.3. The third-order valence-electron chi connectivity index (χ3n) is 3.14. The second-order valence-electron chi connectivity index (χ2n) is 6.47. The number of amides is 1. The second kappa shape index (κ2) is 13.5. The molecule has 24 heavy (non-hydrogen) atoms. The van der Waals surface area contributed by atoms with Gasteiger partial charge in [-0.3, -0.25) is 4.99 Å². The number of guanidine groups is 1. The fraction of sp³-hybridized carbons (Fsp3) is 0.875. The maximum Gasteiger partial charge on any atom is 0.410 e. The summed E-state index contributed by atoms with van der Waals surface area (Å²) in [5.74, 6) is 0.425. The highest BCUT2D eigenvalue weighted by Gasteiger charge is 2.22. The minimum absolute atomic E-state index is 0. The van der Waals surface area contributed by atoms with Crippen molar-refractivity contribution in [3.63, 3.8) is 0 Å². The summed E-state index contributed by atoms with van der Waals surface area (Å²) in [6.07, 6.45) is 1.29. The zero-order chi connectivity index (χ0) is 17.9. The minimum Gasteiger partial charge on any atom is -0.444 e. The molecule has 0 fully saturated rings. The van der Waals surface area contributed by atoms with Gasteiger partial charge in [-0.25, -0.2) is 4.79 Å². The van der Waals surface area contributed by atoms with Crippen LogP contribution in [0.25, 0.3) is 0 Å². The number of nitrogens with two attached hydrogens (primary N) is 1. The van der Waals surface area contributed by atoms with Crippen molar-refractivity contribution in [1.82, 2.24) is 10.2 Å². The first-order valence-electron chi connectivity index (χ1n) is 8.24. The van der Waals surface area contributed by atoms with Gasteiger partial charge in [-0.15, -0.1) is 24.0 Å². The highest BCUT2D eigenvalue weighted by Crippen LogP contribution is 2.11.